The van der Waals surface area contributed by atoms with Gasteiger partial charge in [-0.05, 0) is 42.0 Å². The molecule has 0 saturated carbocycles. The van der Waals surface area contributed by atoms with Gasteiger partial charge in [-0.2, -0.15) is 0 Å². The van der Waals surface area contributed by atoms with Crippen LogP contribution in [0, 0.1) is 0 Å². The maximum absolute atomic E-state index is 13.4. The lowest BCUT2D eigenvalue weighted by atomic mass is 10.2. The second-order valence-electron chi connectivity index (χ2n) is 5.27. The Labute approximate surface area is 154 Å². The zero-order valence-electron chi connectivity index (χ0n) is 13.2. The number of aliphatic hydroxyl groups is 1. The van der Waals surface area contributed by atoms with Crippen LogP contribution in [0.25, 0.3) is 0 Å². The van der Waals surface area contributed by atoms with E-state index in [2.05, 4.69) is 15.9 Å². The van der Waals surface area contributed by atoms with E-state index in [1.165, 1.54) is 0 Å². The van der Waals surface area contributed by atoms with Crippen LogP contribution in [0.4, 0.5) is 0 Å². The van der Waals surface area contributed by atoms with E-state index in [1.807, 2.05) is 12.1 Å². The Balaban J connectivity index is 1.95. The van der Waals surface area contributed by atoms with Gasteiger partial charge < -0.3 is 14.2 Å². The zero-order chi connectivity index (χ0) is 17.7. The van der Waals surface area contributed by atoms with Crippen molar-refractivity contribution < 1.29 is 18.7 Å². The number of hydrogen-bond acceptors (Lipinski definition) is 4. The van der Waals surface area contributed by atoms with E-state index in [-0.39, 0.29) is 0 Å². The largest absolute Gasteiger partial charge is 0.463 e. The summed E-state index contributed by atoms with van der Waals surface area (Å²) in [5.74, 6) is -0.711. The van der Waals surface area contributed by atoms with E-state index in [0.29, 0.717) is 17.1 Å². The molecule has 3 aromatic rings. The van der Waals surface area contributed by atoms with Crippen molar-refractivity contribution in [1.82, 2.24) is 0 Å². The predicted molar refractivity (Wildman–Crippen MR) is 101 cm³/mol. The summed E-state index contributed by atoms with van der Waals surface area (Å²) in [5, 5.41) is 10.7. The highest BCUT2D eigenvalue weighted by molar-refractivity contribution is 9.10. The SMILES string of the molecule is O=P(Oc1ccccc1)(Oc1ccccc1)[C@H](O)c1ccc(Br)cc1. The van der Waals surface area contributed by atoms with Gasteiger partial charge in [0.05, 0.1) is 0 Å². The summed E-state index contributed by atoms with van der Waals surface area (Å²) in [6, 6.07) is 24.2. The van der Waals surface area contributed by atoms with Crippen LogP contribution in [-0.2, 0) is 4.57 Å². The lowest BCUT2D eigenvalue weighted by Gasteiger charge is -2.24. The van der Waals surface area contributed by atoms with Crippen LogP contribution in [0.15, 0.2) is 89.4 Å². The molecular formula is C19H16BrO4P. The fraction of sp³-hybridized carbons (Fsp3) is 0.0526. The first kappa shape index (κ1) is 17.7. The minimum Gasteiger partial charge on any atom is -0.414 e. The van der Waals surface area contributed by atoms with E-state index in [1.54, 1.807) is 72.8 Å². The minimum atomic E-state index is -3.95. The first-order valence-corrected chi connectivity index (χ1v) is 10.00. The van der Waals surface area contributed by atoms with Gasteiger partial charge in [0, 0.05) is 4.47 Å². The van der Waals surface area contributed by atoms with E-state index < -0.39 is 13.4 Å². The maximum atomic E-state index is 13.4. The summed E-state index contributed by atoms with van der Waals surface area (Å²) in [7, 11) is -3.95. The third-order valence-corrected chi connectivity index (χ3v) is 5.78. The molecule has 0 aromatic heterocycles. The van der Waals surface area contributed by atoms with Gasteiger partial charge in [0.2, 0.25) is 5.85 Å². The number of halogens is 1. The van der Waals surface area contributed by atoms with E-state index >= 15 is 0 Å². The van der Waals surface area contributed by atoms with Crippen molar-refractivity contribution in [2.75, 3.05) is 0 Å². The average Bonchev–Trinajstić information content (AvgIpc) is 2.63. The number of aliphatic hydroxyl groups excluding tert-OH is 1. The predicted octanol–water partition coefficient (Wildman–Crippen LogP) is 5.79. The normalized spacial score (nSPS) is 12.4. The van der Waals surface area contributed by atoms with Crippen LogP contribution in [0.2, 0.25) is 0 Å². The smallest absolute Gasteiger partial charge is 0.414 e. The van der Waals surface area contributed by atoms with Crippen LogP contribution in [0.5, 0.6) is 11.5 Å². The molecule has 0 unspecified atom stereocenters. The Hall–Kier alpha value is -2.07. The third kappa shape index (κ3) is 4.51. The molecule has 1 atom stereocenters. The number of para-hydroxylation sites is 2. The Morgan fingerprint density at radius 2 is 1.20 bits per heavy atom. The fourth-order valence-corrected chi connectivity index (χ4v) is 4.06. The van der Waals surface area contributed by atoms with Gasteiger partial charge in [-0.15, -0.1) is 0 Å². The lowest BCUT2D eigenvalue weighted by molar-refractivity contribution is 0.212. The van der Waals surface area contributed by atoms with Crippen molar-refractivity contribution in [3.8, 4) is 11.5 Å². The van der Waals surface area contributed by atoms with Crippen molar-refractivity contribution in [1.29, 1.82) is 0 Å². The van der Waals surface area contributed by atoms with Crippen molar-refractivity contribution in [2.24, 2.45) is 0 Å². The van der Waals surface area contributed by atoms with Crippen molar-refractivity contribution in [2.45, 2.75) is 5.85 Å². The third-order valence-electron chi connectivity index (χ3n) is 3.42. The molecule has 0 amide bonds. The summed E-state index contributed by atoms with van der Waals surface area (Å²) in [5.41, 5.74) is 0.443. The summed E-state index contributed by atoms with van der Waals surface area (Å²) < 4.78 is 25.5. The summed E-state index contributed by atoms with van der Waals surface area (Å²) in [6.07, 6.45) is 0. The molecule has 0 heterocycles. The maximum Gasteiger partial charge on any atom is 0.463 e. The van der Waals surface area contributed by atoms with Gasteiger partial charge >= 0.3 is 7.60 Å². The molecule has 4 nitrogen and oxygen atoms in total. The van der Waals surface area contributed by atoms with E-state index in [9.17, 15) is 9.67 Å². The summed E-state index contributed by atoms with van der Waals surface area (Å²) >= 11 is 3.34. The summed E-state index contributed by atoms with van der Waals surface area (Å²) in [6.45, 7) is 0. The lowest BCUT2D eigenvalue weighted by Crippen LogP contribution is -2.10. The zero-order valence-corrected chi connectivity index (χ0v) is 15.6. The number of benzene rings is 3. The second-order valence-corrected chi connectivity index (χ2v) is 8.12. The molecule has 3 rings (SSSR count). The quantitative estimate of drug-likeness (QED) is 0.514. The molecule has 0 saturated heterocycles. The second kappa shape index (κ2) is 7.87. The van der Waals surface area contributed by atoms with Gasteiger partial charge in [-0.3, -0.25) is 0 Å². The van der Waals surface area contributed by atoms with E-state index in [0.717, 1.165) is 4.47 Å². The first-order valence-electron chi connectivity index (χ1n) is 7.59. The van der Waals surface area contributed by atoms with Crippen molar-refractivity contribution in [3.05, 3.63) is 95.0 Å². The number of rotatable bonds is 6. The van der Waals surface area contributed by atoms with Gasteiger partial charge in [-0.1, -0.05) is 64.5 Å². The highest BCUT2D eigenvalue weighted by Gasteiger charge is 2.39. The van der Waals surface area contributed by atoms with E-state index in [4.69, 9.17) is 9.05 Å². The Bertz CT molecular complexity index is 808. The standard InChI is InChI=1S/C19H16BrO4P/c20-16-13-11-15(12-14-16)19(21)25(22,23-17-7-3-1-4-8-17)24-18-9-5-2-6-10-18/h1-14,19,21H/t19-/m0/s1. The Kier molecular flexibility index (Phi) is 5.59. The monoisotopic (exact) mass is 418 g/mol. The molecule has 3 aromatic carbocycles. The highest BCUT2D eigenvalue weighted by atomic mass is 79.9. The molecule has 128 valence electrons. The molecule has 1 N–H and O–H groups in total. The van der Waals surface area contributed by atoms with Crippen LogP contribution >= 0.6 is 23.5 Å². The van der Waals surface area contributed by atoms with Crippen LogP contribution < -0.4 is 9.05 Å². The van der Waals surface area contributed by atoms with Crippen LogP contribution in [0.3, 0.4) is 0 Å². The first-order chi connectivity index (χ1) is 12.1. The number of hydrogen-bond donors (Lipinski definition) is 1. The molecule has 0 radical (unpaired) electrons. The van der Waals surface area contributed by atoms with Crippen LogP contribution in [0.1, 0.15) is 11.4 Å². The molecule has 0 fully saturated rings. The van der Waals surface area contributed by atoms with Crippen molar-refractivity contribution in [3.63, 3.8) is 0 Å². The molecule has 0 aliphatic heterocycles. The summed E-state index contributed by atoms with van der Waals surface area (Å²) in [4.78, 5) is 0. The molecule has 0 spiro atoms. The van der Waals surface area contributed by atoms with Crippen LogP contribution in [-0.4, -0.2) is 5.11 Å². The molecule has 25 heavy (non-hydrogen) atoms. The molecule has 6 heteroatoms. The van der Waals surface area contributed by atoms with Gasteiger partial charge in [-0.25, -0.2) is 4.57 Å². The highest BCUT2D eigenvalue weighted by Crippen LogP contribution is 2.58. The average molecular weight is 419 g/mol. The van der Waals surface area contributed by atoms with Crippen molar-refractivity contribution >= 4 is 23.5 Å². The Morgan fingerprint density at radius 3 is 1.64 bits per heavy atom. The van der Waals surface area contributed by atoms with Gasteiger partial charge in [0.25, 0.3) is 0 Å². The molecule has 0 bridgehead atoms. The van der Waals surface area contributed by atoms with Gasteiger partial charge in [0.15, 0.2) is 0 Å². The topological polar surface area (TPSA) is 55.8 Å². The van der Waals surface area contributed by atoms with Gasteiger partial charge in [0.1, 0.15) is 11.5 Å². The molecule has 0 aliphatic carbocycles. The molecular weight excluding hydrogens is 403 g/mol. The Morgan fingerprint density at radius 1 is 0.760 bits per heavy atom. The minimum absolute atomic E-state index is 0.359. The molecule has 0 aliphatic rings. The fourth-order valence-electron chi connectivity index (χ4n) is 2.19.